The molecule has 27 heavy (non-hydrogen) atoms. The first-order valence-corrected chi connectivity index (χ1v) is 10.5. The third-order valence-electron chi connectivity index (χ3n) is 4.80. The summed E-state index contributed by atoms with van der Waals surface area (Å²) in [6.45, 7) is 2.69. The highest BCUT2D eigenvalue weighted by molar-refractivity contribution is 7.90. The van der Waals surface area contributed by atoms with Crippen LogP contribution in [0, 0.1) is 0 Å². The number of amides is 1. The van der Waals surface area contributed by atoms with Crippen molar-refractivity contribution in [3.8, 4) is 22.5 Å². The molecular formula is C20H19N3O3S. The number of aromatic amines is 1. The normalized spacial score (nSPS) is 16.7. The zero-order valence-corrected chi connectivity index (χ0v) is 15.8. The molecular weight excluding hydrogens is 362 g/mol. The fourth-order valence-electron chi connectivity index (χ4n) is 3.27. The van der Waals surface area contributed by atoms with Crippen LogP contribution in [0.4, 0.5) is 0 Å². The maximum Gasteiger partial charge on any atom is 0.253 e. The molecule has 0 saturated carbocycles. The summed E-state index contributed by atoms with van der Waals surface area (Å²) >= 11 is 0. The lowest BCUT2D eigenvalue weighted by Crippen LogP contribution is -2.33. The lowest BCUT2D eigenvalue weighted by atomic mass is 9.99. The number of rotatable bonds is 3. The lowest BCUT2D eigenvalue weighted by Gasteiger charge is -2.18. The van der Waals surface area contributed by atoms with Crippen LogP contribution in [0.1, 0.15) is 28.9 Å². The van der Waals surface area contributed by atoms with E-state index in [4.69, 9.17) is 0 Å². The molecule has 7 heteroatoms. The molecule has 1 atom stereocenters. The molecule has 0 radical (unpaired) electrons. The van der Waals surface area contributed by atoms with E-state index in [9.17, 15) is 13.2 Å². The fourth-order valence-corrected chi connectivity index (χ4v) is 3.90. The molecule has 1 aliphatic heterocycles. The van der Waals surface area contributed by atoms with Gasteiger partial charge in [0.05, 0.1) is 16.2 Å². The van der Waals surface area contributed by atoms with Crippen molar-refractivity contribution in [2.45, 2.75) is 17.7 Å². The Morgan fingerprint density at radius 3 is 2.48 bits per heavy atom. The van der Waals surface area contributed by atoms with E-state index in [-0.39, 0.29) is 16.7 Å². The Morgan fingerprint density at radius 2 is 1.81 bits per heavy atom. The van der Waals surface area contributed by atoms with Gasteiger partial charge in [-0.3, -0.25) is 9.78 Å². The summed E-state index contributed by atoms with van der Waals surface area (Å²) < 4.78 is 23.2. The maximum absolute atomic E-state index is 12.1. The number of carbonyl (C=O) groups excluding carboxylic acids is 1. The Hall–Kier alpha value is -2.93. The highest BCUT2D eigenvalue weighted by Gasteiger charge is 2.25. The second-order valence-corrected chi connectivity index (χ2v) is 8.86. The zero-order valence-electron chi connectivity index (χ0n) is 15.0. The first-order chi connectivity index (χ1) is 12.8. The largest absolute Gasteiger partial charge is 0.357 e. The molecule has 2 aromatic heterocycles. The van der Waals surface area contributed by atoms with Crippen LogP contribution in [0.25, 0.3) is 22.5 Å². The van der Waals surface area contributed by atoms with Crippen molar-refractivity contribution in [2.24, 2.45) is 0 Å². The summed E-state index contributed by atoms with van der Waals surface area (Å²) in [5.74, 6) is 0.174. The van der Waals surface area contributed by atoms with Gasteiger partial charge in [-0.25, -0.2) is 8.42 Å². The third kappa shape index (κ3) is 3.26. The molecule has 138 valence electrons. The molecule has 3 heterocycles. The summed E-state index contributed by atoms with van der Waals surface area (Å²) in [6.07, 6.45) is 2.89. The Morgan fingerprint density at radius 1 is 1.07 bits per heavy atom. The molecule has 4 rings (SSSR count). The molecule has 0 fully saturated rings. The van der Waals surface area contributed by atoms with Crippen LogP contribution in [-0.2, 0) is 9.84 Å². The number of H-pyrrole nitrogens is 1. The van der Waals surface area contributed by atoms with Crippen LogP contribution >= 0.6 is 0 Å². The second-order valence-electron chi connectivity index (χ2n) is 6.85. The first-order valence-electron chi connectivity index (χ1n) is 8.61. The lowest BCUT2D eigenvalue weighted by molar-refractivity contribution is 0.0941. The van der Waals surface area contributed by atoms with E-state index in [1.165, 1.54) is 6.26 Å². The molecule has 1 aromatic carbocycles. The van der Waals surface area contributed by atoms with Gasteiger partial charge in [0, 0.05) is 47.4 Å². The van der Waals surface area contributed by atoms with Crippen molar-refractivity contribution in [1.29, 1.82) is 0 Å². The van der Waals surface area contributed by atoms with Gasteiger partial charge in [-0.1, -0.05) is 19.1 Å². The number of hydrogen-bond acceptors (Lipinski definition) is 4. The van der Waals surface area contributed by atoms with Crippen molar-refractivity contribution < 1.29 is 13.2 Å². The van der Waals surface area contributed by atoms with Gasteiger partial charge in [0.25, 0.3) is 5.91 Å². The molecule has 0 spiro atoms. The molecule has 0 bridgehead atoms. The number of benzene rings is 1. The number of fused-ring (bicyclic) bond motifs is 1. The fraction of sp³-hybridized carbons (Fsp3) is 0.200. The molecule has 3 aromatic rings. The van der Waals surface area contributed by atoms with Crippen molar-refractivity contribution in [3.05, 3.63) is 59.9 Å². The predicted octanol–water partition coefficient (Wildman–Crippen LogP) is 2.99. The first kappa shape index (κ1) is 17.5. The number of aromatic nitrogens is 2. The van der Waals surface area contributed by atoms with Gasteiger partial charge in [0.1, 0.15) is 0 Å². The second kappa shape index (κ2) is 6.35. The van der Waals surface area contributed by atoms with E-state index in [1.807, 2.05) is 18.2 Å². The van der Waals surface area contributed by atoms with Crippen molar-refractivity contribution in [2.75, 3.05) is 12.8 Å². The number of nitrogens with one attached hydrogen (secondary N) is 2. The van der Waals surface area contributed by atoms with Gasteiger partial charge in [0.15, 0.2) is 9.84 Å². The topological polar surface area (TPSA) is 91.9 Å². The number of hydrogen-bond donors (Lipinski definition) is 2. The summed E-state index contributed by atoms with van der Waals surface area (Å²) in [7, 11) is -3.23. The Balaban J connectivity index is 1.72. The average molecular weight is 381 g/mol. The Labute approximate surface area is 157 Å². The van der Waals surface area contributed by atoms with E-state index in [1.54, 1.807) is 30.5 Å². The minimum absolute atomic E-state index is 0.0590. The number of sulfone groups is 1. The zero-order chi connectivity index (χ0) is 19.2. The standard InChI is InChI=1S/C20H19N3O3S/c1-12-11-22-20(24)16-10-18(23-19(12)16)14-7-8-21-17(9-14)13-3-5-15(6-4-13)27(2,25)26/h3-10,12,23H,11H2,1-2H3,(H,22,24). The highest BCUT2D eigenvalue weighted by atomic mass is 32.2. The van der Waals surface area contributed by atoms with Crippen LogP contribution < -0.4 is 5.32 Å². The van der Waals surface area contributed by atoms with E-state index in [2.05, 4.69) is 22.2 Å². The van der Waals surface area contributed by atoms with Crippen molar-refractivity contribution in [1.82, 2.24) is 15.3 Å². The van der Waals surface area contributed by atoms with E-state index < -0.39 is 9.84 Å². The predicted molar refractivity (Wildman–Crippen MR) is 103 cm³/mol. The monoisotopic (exact) mass is 381 g/mol. The quantitative estimate of drug-likeness (QED) is 0.729. The van der Waals surface area contributed by atoms with Gasteiger partial charge in [-0.05, 0) is 30.3 Å². The molecule has 0 saturated heterocycles. The summed E-state index contributed by atoms with van der Waals surface area (Å²) in [5, 5.41) is 2.89. The van der Waals surface area contributed by atoms with E-state index in [0.29, 0.717) is 12.1 Å². The molecule has 1 unspecified atom stereocenters. The van der Waals surface area contributed by atoms with Gasteiger partial charge < -0.3 is 10.3 Å². The summed E-state index contributed by atoms with van der Waals surface area (Å²) in [5.41, 5.74) is 4.97. The number of pyridine rings is 1. The van der Waals surface area contributed by atoms with Crippen molar-refractivity contribution >= 4 is 15.7 Å². The molecule has 6 nitrogen and oxygen atoms in total. The van der Waals surface area contributed by atoms with Gasteiger partial charge in [0.2, 0.25) is 0 Å². The molecule has 0 aliphatic carbocycles. The minimum atomic E-state index is -3.23. The average Bonchev–Trinajstić information content (AvgIpc) is 3.11. The molecule has 1 aliphatic rings. The van der Waals surface area contributed by atoms with Crippen LogP contribution in [0.5, 0.6) is 0 Å². The number of carbonyl (C=O) groups is 1. The minimum Gasteiger partial charge on any atom is -0.357 e. The van der Waals surface area contributed by atoms with Crippen LogP contribution in [0.2, 0.25) is 0 Å². The molecule has 1 amide bonds. The summed E-state index contributed by atoms with van der Waals surface area (Å²) in [6, 6.07) is 12.3. The van der Waals surface area contributed by atoms with E-state index >= 15 is 0 Å². The number of nitrogens with zero attached hydrogens (tertiary/aromatic N) is 1. The Bertz CT molecular complexity index is 1130. The van der Waals surface area contributed by atoms with Gasteiger partial charge in [-0.15, -0.1) is 0 Å². The van der Waals surface area contributed by atoms with Crippen molar-refractivity contribution in [3.63, 3.8) is 0 Å². The molecule has 2 N–H and O–H groups in total. The Kier molecular flexibility index (Phi) is 4.11. The SMILES string of the molecule is CC1CNC(=O)c2cc(-c3ccnc(-c4ccc(S(C)(=O)=O)cc4)c3)[nH]c21. The van der Waals surface area contributed by atoms with Crippen LogP contribution in [0.3, 0.4) is 0 Å². The summed E-state index contributed by atoms with van der Waals surface area (Å²) in [4.78, 5) is 20.1. The third-order valence-corrected chi connectivity index (χ3v) is 5.93. The highest BCUT2D eigenvalue weighted by Crippen LogP contribution is 2.30. The van der Waals surface area contributed by atoms with Crippen LogP contribution in [-0.4, -0.2) is 37.1 Å². The smallest absolute Gasteiger partial charge is 0.253 e. The van der Waals surface area contributed by atoms with Gasteiger partial charge >= 0.3 is 0 Å². The maximum atomic E-state index is 12.1. The van der Waals surface area contributed by atoms with Crippen LogP contribution in [0.15, 0.2) is 53.6 Å². The van der Waals surface area contributed by atoms with Gasteiger partial charge in [-0.2, -0.15) is 0 Å². The van der Waals surface area contributed by atoms with E-state index in [0.717, 1.165) is 28.2 Å².